The second-order valence-corrected chi connectivity index (χ2v) is 4.81. The molecule has 106 valence electrons. The third-order valence-electron chi connectivity index (χ3n) is 3.25. The van der Waals surface area contributed by atoms with Crippen LogP contribution in [-0.4, -0.2) is 27.7 Å². The molecule has 0 fully saturated rings. The van der Waals surface area contributed by atoms with Crippen molar-refractivity contribution < 1.29 is 9.53 Å². The van der Waals surface area contributed by atoms with Gasteiger partial charge in [-0.3, -0.25) is 4.79 Å². The molecule has 2 heterocycles. The van der Waals surface area contributed by atoms with Gasteiger partial charge in [0.2, 0.25) is 0 Å². The molecule has 21 heavy (non-hydrogen) atoms. The molecule has 0 radical (unpaired) electrons. The van der Waals surface area contributed by atoms with Crippen molar-refractivity contribution in [2.24, 2.45) is 0 Å². The number of aromatic nitrogens is 3. The van der Waals surface area contributed by atoms with Gasteiger partial charge in [-0.15, -0.1) is 0 Å². The summed E-state index contributed by atoms with van der Waals surface area (Å²) < 4.78 is 6.43. The molecule has 2 aromatic heterocycles. The van der Waals surface area contributed by atoms with Gasteiger partial charge in [0.1, 0.15) is 0 Å². The van der Waals surface area contributed by atoms with Gasteiger partial charge in [-0.25, -0.2) is 9.50 Å². The highest BCUT2D eigenvalue weighted by molar-refractivity contribution is 5.72. The van der Waals surface area contributed by atoms with Crippen LogP contribution in [0.25, 0.3) is 16.9 Å². The van der Waals surface area contributed by atoms with Crippen molar-refractivity contribution in [1.82, 2.24) is 14.6 Å². The van der Waals surface area contributed by atoms with Gasteiger partial charge in [0.05, 0.1) is 24.9 Å². The summed E-state index contributed by atoms with van der Waals surface area (Å²) in [5.74, 6) is -0.293. The van der Waals surface area contributed by atoms with Gasteiger partial charge < -0.3 is 4.74 Å². The third-order valence-corrected chi connectivity index (χ3v) is 3.25. The number of methoxy groups -OCH3 is 1. The van der Waals surface area contributed by atoms with E-state index in [0.29, 0.717) is 0 Å². The van der Waals surface area contributed by atoms with Gasteiger partial charge in [0.15, 0.2) is 5.65 Å². The number of aryl methyl sites for hydroxylation is 1. The molecule has 0 aliphatic heterocycles. The Hall–Kier alpha value is -2.69. The average Bonchev–Trinajstić information content (AvgIpc) is 2.92. The van der Waals surface area contributed by atoms with Crippen molar-refractivity contribution in [1.29, 1.82) is 0 Å². The number of fused-ring (bicyclic) bond motifs is 1. The maximum Gasteiger partial charge on any atom is 0.311 e. The number of nitrogens with zero attached hydrogens (tertiary/aromatic N) is 3. The Morgan fingerprint density at radius 1 is 1.24 bits per heavy atom. The molecular formula is C16H15N3O2. The van der Waals surface area contributed by atoms with E-state index in [9.17, 15) is 4.79 Å². The molecule has 0 N–H and O–H groups in total. The standard InChI is InChI=1S/C16H15N3O2/c1-11-8-13(9-16(20)21-2)19-15(17-11)10-14(18-19)12-6-4-3-5-7-12/h3-8,10H,9H2,1-2H3. The molecule has 0 aliphatic carbocycles. The minimum atomic E-state index is -0.293. The lowest BCUT2D eigenvalue weighted by atomic mass is 10.2. The second kappa shape index (κ2) is 5.36. The lowest BCUT2D eigenvalue weighted by Gasteiger charge is -2.04. The van der Waals surface area contributed by atoms with E-state index in [-0.39, 0.29) is 12.4 Å². The van der Waals surface area contributed by atoms with E-state index in [2.05, 4.69) is 10.1 Å². The van der Waals surface area contributed by atoms with Gasteiger partial charge >= 0.3 is 5.97 Å². The quantitative estimate of drug-likeness (QED) is 0.692. The summed E-state index contributed by atoms with van der Waals surface area (Å²) in [4.78, 5) is 16.0. The number of esters is 1. The number of ether oxygens (including phenoxy) is 1. The zero-order chi connectivity index (χ0) is 14.8. The van der Waals surface area contributed by atoms with Crippen LogP contribution >= 0.6 is 0 Å². The maximum atomic E-state index is 11.5. The summed E-state index contributed by atoms with van der Waals surface area (Å²) in [5, 5.41) is 4.56. The first-order valence-corrected chi connectivity index (χ1v) is 6.66. The van der Waals surface area contributed by atoms with Crippen molar-refractivity contribution in [3.05, 3.63) is 53.9 Å². The van der Waals surface area contributed by atoms with Gasteiger partial charge in [-0.1, -0.05) is 30.3 Å². The van der Waals surface area contributed by atoms with E-state index in [1.165, 1.54) is 7.11 Å². The first-order chi connectivity index (χ1) is 10.2. The first kappa shape index (κ1) is 13.3. The highest BCUT2D eigenvalue weighted by Gasteiger charge is 2.12. The topological polar surface area (TPSA) is 56.5 Å². The van der Waals surface area contributed by atoms with Crippen LogP contribution in [0.15, 0.2) is 42.5 Å². The maximum absolute atomic E-state index is 11.5. The Morgan fingerprint density at radius 3 is 2.71 bits per heavy atom. The molecule has 0 aliphatic rings. The van der Waals surface area contributed by atoms with E-state index in [1.807, 2.05) is 49.4 Å². The molecule has 0 bridgehead atoms. The van der Waals surface area contributed by atoms with Crippen LogP contribution in [0.1, 0.15) is 11.4 Å². The second-order valence-electron chi connectivity index (χ2n) is 4.81. The highest BCUT2D eigenvalue weighted by atomic mass is 16.5. The molecule has 0 atom stereocenters. The van der Waals surface area contributed by atoms with E-state index in [4.69, 9.17) is 4.74 Å². The van der Waals surface area contributed by atoms with Crippen LogP contribution in [0.2, 0.25) is 0 Å². The monoisotopic (exact) mass is 281 g/mol. The Morgan fingerprint density at radius 2 is 2.00 bits per heavy atom. The Labute approximate surface area is 122 Å². The molecule has 0 spiro atoms. The zero-order valence-electron chi connectivity index (χ0n) is 11.9. The van der Waals surface area contributed by atoms with Crippen LogP contribution < -0.4 is 0 Å². The molecule has 5 nitrogen and oxygen atoms in total. The molecule has 0 amide bonds. The molecule has 3 aromatic rings. The predicted molar refractivity (Wildman–Crippen MR) is 78.9 cm³/mol. The summed E-state index contributed by atoms with van der Waals surface area (Å²) in [7, 11) is 1.38. The Kier molecular flexibility index (Phi) is 3.39. The summed E-state index contributed by atoms with van der Waals surface area (Å²) in [6.45, 7) is 1.90. The number of hydrogen-bond donors (Lipinski definition) is 0. The SMILES string of the molecule is COC(=O)Cc1cc(C)nc2cc(-c3ccccc3)nn12. The third kappa shape index (κ3) is 2.63. The normalized spacial score (nSPS) is 10.8. The Bertz CT molecular complexity index is 794. The van der Waals surface area contributed by atoms with Crippen molar-refractivity contribution in [2.75, 3.05) is 7.11 Å². The van der Waals surface area contributed by atoms with Gasteiger partial charge in [0, 0.05) is 17.3 Å². The number of carbonyl (C=O) groups excluding carboxylic acids is 1. The summed E-state index contributed by atoms with van der Waals surface area (Å²) in [5.41, 5.74) is 4.20. The van der Waals surface area contributed by atoms with E-state index >= 15 is 0 Å². The van der Waals surface area contributed by atoms with Crippen molar-refractivity contribution in [3.63, 3.8) is 0 Å². The molecule has 0 saturated heterocycles. The summed E-state index contributed by atoms with van der Waals surface area (Å²) >= 11 is 0. The van der Waals surface area contributed by atoms with E-state index in [1.54, 1.807) is 4.52 Å². The minimum absolute atomic E-state index is 0.173. The smallest absolute Gasteiger partial charge is 0.311 e. The lowest BCUT2D eigenvalue weighted by Crippen LogP contribution is -2.10. The largest absolute Gasteiger partial charge is 0.469 e. The first-order valence-electron chi connectivity index (χ1n) is 6.66. The van der Waals surface area contributed by atoms with Crippen LogP contribution in [0.5, 0.6) is 0 Å². The van der Waals surface area contributed by atoms with Crippen molar-refractivity contribution >= 4 is 11.6 Å². The van der Waals surface area contributed by atoms with E-state index in [0.717, 1.165) is 28.3 Å². The molecule has 3 rings (SSSR count). The van der Waals surface area contributed by atoms with Crippen LogP contribution in [0.3, 0.4) is 0 Å². The van der Waals surface area contributed by atoms with Crippen LogP contribution in [-0.2, 0) is 16.0 Å². The highest BCUT2D eigenvalue weighted by Crippen LogP contribution is 2.20. The van der Waals surface area contributed by atoms with Crippen LogP contribution in [0, 0.1) is 6.92 Å². The lowest BCUT2D eigenvalue weighted by molar-refractivity contribution is -0.139. The molecule has 5 heteroatoms. The fourth-order valence-electron chi connectivity index (χ4n) is 2.27. The number of carbonyl (C=O) groups is 1. The predicted octanol–water partition coefficient (Wildman–Crippen LogP) is 2.42. The zero-order valence-corrected chi connectivity index (χ0v) is 11.9. The summed E-state index contributed by atoms with van der Waals surface area (Å²) in [6, 6.07) is 13.7. The fourth-order valence-corrected chi connectivity index (χ4v) is 2.27. The van der Waals surface area contributed by atoms with Crippen LogP contribution in [0.4, 0.5) is 0 Å². The fraction of sp³-hybridized carbons (Fsp3) is 0.188. The van der Waals surface area contributed by atoms with Gasteiger partial charge in [-0.05, 0) is 13.0 Å². The van der Waals surface area contributed by atoms with E-state index < -0.39 is 0 Å². The summed E-state index contributed by atoms with van der Waals surface area (Å²) in [6.07, 6.45) is 0.173. The number of benzene rings is 1. The van der Waals surface area contributed by atoms with Gasteiger partial charge in [0.25, 0.3) is 0 Å². The van der Waals surface area contributed by atoms with Crippen molar-refractivity contribution in [2.45, 2.75) is 13.3 Å². The number of rotatable bonds is 3. The molecule has 0 unspecified atom stereocenters. The molecule has 1 aromatic carbocycles. The van der Waals surface area contributed by atoms with Crippen molar-refractivity contribution in [3.8, 4) is 11.3 Å². The minimum Gasteiger partial charge on any atom is -0.469 e. The average molecular weight is 281 g/mol. The Balaban J connectivity index is 2.12. The van der Waals surface area contributed by atoms with Gasteiger partial charge in [-0.2, -0.15) is 5.10 Å². The molecular weight excluding hydrogens is 266 g/mol. The number of hydrogen-bond acceptors (Lipinski definition) is 4. The molecule has 0 saturated carbocycles.